The molecular formula is C18H16N2O. The second-order valence-corrected chi connectivity index (χ2v) is 5.30. The highest BCUT2D eigenvalue weighted by Crippen LogP contribution is 2.32. The third-order valence-electron chi connectivity index (χ3n) is 4.01. The van der Waals surface area contributed by atoms with Gasteiger partial charge in [0.05, 0.1) is 6.04 Å². The van der Waals surface area contributed by atoms with Crippen LogP contribution in [0.5, 0.6) is 5.75 Å². The molecule has 1 N–H and O–H groups in total. The minimum atomic E-state index is 0.262. The molecule has 0 fully saturated rings. The van der Waals surface area contributed by atoms with Crippen molar-refractivity contribution in [1.29, 1.82) is 0 Å². The lowest BCUT2D eigenvalue weighted by atomic mass is 10.1. The number of pyridine rings is 1. The molecule has 1 atom stereocenters. The van der Waals surface area contributed by atoms with Gasteiger partial charge in [-0.25, -0.2) is 0 Å². The van der Waals surface area contributed by atoms with Crippen LogP contribution in [0, 0.1) is 0 Å². The maximum absolute atomic E-state index is 5.71. The van der Waals surface area contributed by atoms with Crippen molar-refractivity contribution in [3.05, 3.63) is 72.1 Å². The number of rotatable bonds is 3. The zero-order valence-electron chi connectivity index (χ0n) is 11.6. The summed E-state index contributed by atoms with van der Waals surface area (Å²) in [6.07, 6.45) is 3.76. The Labute approximate surface area is 123 Å². The maximum Gasteiger partial charge on any atom is 0.124 e. The number of fused-ring (bicyclic) bond motifs is 2. The molecule has 2 heterocycles. The molecule has 1 aromatic heterocycles. The smallest absolute Gasteiger partial charge is 0.124 e. The molecule has 1 aliphatic rings. The van der Waals surface area contributed by atoms with Gasteiger partial charge in [-0.2, -0.15) is 0 Å². The Morgan fingerprint density at radius 1 is 1.10 bits per heavy atom. The van der Waals surface area contributed by atoms with Gasteiger partial charge in [0, 0.05) is 29.9 Å². The summed E-state index contributed by atoms with van der Waals surface area (Å²) in [4.78, 5) is 4.18. The minimum Gasteiger partial charge on any atom is -0.491 e. The highest BCUT2D eigenvalue weighted by molar-refractivity contribution is 5.84. The van der Waals surface area contributed by atoms with Crippen molar-refractivity contribution < 1.29 is 4.74 Å². The van der Waals surface area contributed by atoms with Gasteiger partial charge >= 0.3 is 0 Å². The zero-order valence-corrected chi connectivity index (χ0v) is 11.6. The number of nitrogens with one attached hydrogen (secondary N) is 1. The van der Waals surface area contributed by atoms with Crippen LogP contribution in [0.3, 0.4) is 0 Å². The van der Waals surface area contributed by atoms with Crippen molar-refractivity contribution in [3.8, 4) is 5.75 Å². The molecule has 3 aromatic rings. The predicted octanol–water partition coefficient (Wildman–Crippen LogP) is 3.46. The summed E-state index contributed by atoms with van der Waals surface area (Å²) < 4.78 is 5.71. The molecule has 1 unspecified atom stereocenters. The van der Waals surface area contributed by atoms with E-state index in [1.165, 1.54) is 21.9 Å². The number of para-hydroxylation sites is 1. The van der Waals surface area contributed by atoms with Crippen molar-refractivity contribution in [3.63, 3.8) is 0 Å². The van der Waals surface area contributed by atoms with E-state index in [9.17, 15) is 0 Å². The Balaban J connectivity index is 1.57. The summed E-state index contributed by atoms with van der Waals surface area (Å²) in [5, 5.41) is 6.04. The van der Waals surface area contributed by atoms with Crippen molar-refractivity contribution in [1.82, 2.24) is 10.3 Å². The monoisotopic (exact) mass is 276 g/mol. The molecule has 1 aliphatic heterocycles. The Kier molecular flexibility index (Phi) is 3.05. The molecule has 0 bridgehead atoms. The number of benzene rings is 2. The van der Waals surface area contributed by atoms with E-state index in [4.69, 9.17) is 4.74 Å². The van der Waals surface area contributed by atoms with Gasteiger partial charge in [0.2, 0.25) is 0 Å². The van der Waals surface area contributed by atoms with Gasteiger partial charge in [0.1, 0.15) is 12.4 Å². The van der Waals surface area contributed by atoms with Gasteiger partial charge in [-0.1, -0.05) is 36.4 Å². The molecule has 3 heteroatoms. The van der Waals surface area contributed by atoms with Crippen LogP contribution in [-0.2, 0) is 6.54 Å². The lowest BCUT2D eigenvalue weighted by molar-refractivity contribution is 0.310. The van der Waals surface area contributed by atoms with Crippen LogP contribution in [0.2, 0.25) is 0 Å². The third-order valence-corrected chi connectivity index (χ3v) is 4.01. The SMILES string of the molecule is c1ccc2c(c1)OCC2NCc1cccc2cnccc12. The lowest BCUT2D eigenvalue weighted by Crippen LogP contribution is -2.22. The number of hydrogen-bond acceptors (Lipinski definition) is 3. The molecular weight excluding hydrogens is 260 g/mol. The first kappa shape index (κ1) is 12.4. The highest BCUT2D eigenvalue weighted by Gasteiger charge is 2.22. The van der Waals surface area contributed by atoms with Crippen LogP contribution < -0.4 is 10.1 Å². The molecule has 4 rings (SSSR count). The fraction of sp³-hybridized carbons (Fsp3) is 0.167. The lowest BCUT2D eigenvalue weighted by Gasteiger charge is -2.13. The Hall–Kier alpha value is -2.39. The Morgan fingerprint density at radius 2 is 2.05 bits per heavy atom. The van der Waals surface area contributed by atoms with Crippen molar-refractivity contribution in [2.45, 2.75) is 12.6 Å². The van der Waals surface area contributed by atoms with E-state index in [-0.39, 0.29) is 6.04 Å². The molecule has 0 saturated heterocycles. The normalized spacial score (nSPS) is 16.7. The van der Waals surface area contributed by atoms with E-state index in [0.717, 1.165) is 12.3 Å². The molecule has 0 radical (unpaired) electrons. The average Bonchev–Trinajstić information content (AvgIpc) is 2.96. The molecule has 0 spiro atoms. The van der Waals surface area contributed by atoms with Crippen molar-refractivity contribution in [2.24, 2.45) is 0 Å². The minimum absolute atomic E-state index is 0.262. The summed E-state index contributed by atoms with van der Waals surface area (Å²) in [6.45, 7) is 1.52. The van der Waals surface area contributed by atoms with Gasteiger partial charge in [0.15, 0.2) is 0 Å². The summed E-state index contributed by atoms with van der Waals surface area (Å²) in [6, 6.07) is 16.9. The van der Waals surface area contributed by atoms with Crippen molar-refractivity contribution in [2.75, 3.05) is 6.61 Å². The van der Waals surface area contributed by atoms with Gasteiger partial charge in [-0.05, 0) is 23.1 Å². The summed E-state index contributed by atoms with van der Waals surface area (Å²) in [5.41, 5.74) is 2.54. The van der Waals surface area contributed by atoms with E-state index in [1.54, 1.807) is 0 Å². The van der Waals surface area contributed by atoms with Gasteiger partial charge in [-0.3, -0.25) is 4.98 Å². The first-order valence-corrected chi connectivity index (χ1v) is 7.18. The van der Waals surface area contributed by atoms with Gasteiger partial charge in [-0.15, -0.1) is 0 Å². The molecule has 0 aliphatic carbocycles. The van der Waals surface area contributed by atoms with E-state index >= 15 is 0 Å². The van der Waals surface area contributed by atoms with Crippen LogP contribution in [0.1, 0.15) is 17.2 Å². The summed E-state index contributed by atoms with van der Waals surface area (Å²) in [5.74, 6) is 0.997. The first-order chi connectivity index (χ1) is 10.4. The number of ether oxygens (including phenoxy) is 1. The fourth-order valence-corrected chi connectivity index (χ4v) is 2.91. The number of hydrogen-bond donors (Lipinski definition) is 1. The predicted molar refractivity (Wildman–Crippen MR) is 83.3 cm³/mol. The molecule has 0 amide bonds. The fourth-order valence-electron chi connectivity index (χ4n) is 2.91. The van der Waals surface area contributed by atoms with E-state index < -0.39 is 0 Å². The average molecular weight is 276 g/mol. The summed E-state index contributed by atoms with van der Waals surface area (Å²) in [7, 11) is 0. The Bertz CT molecular complexity index is 780. The van der Waals surface area contributed by atoms with Crippen molar-refractivity contribution >= 4 is 10.8 Å². The van der Waals surface area contributed by atoms with Gasteiger partial charge in [0.25, 0.3) is 0 Å². The summed E-state index contributed by atoms with van der Waals surface area (Å²) >= 11 is 0. The standard InChI is InChI=1S/C18H16N2O/c1-2-7-18-16(6-1)17(12-21-18)20-11-14-5-3-4-13-10-19-9-8-15(13)14/h1-10,17,20H,11-12H2. The topological polar surface area (TPSA) is 34.1 Å². The van der Waals surface area contributed by atoms with Crippen LogP contribution in [-0.4, -0.2) is 11.6 Å². The van der Waals surface area contributed by atoms with Crippen LogP contribution in [0.15, 0.2) is 60.9 Å². The zero-order chi connectivity index (χ0) is 14.1. The largest absolute Gasteiger partial charge is 0.491 e. The van der Waals surface area contributed by atoms with E-state index in [1.807, 2.05) is 24.5 Å². The quantitative estimate of drug-likeness (QED) is 0.795. The van der Waals surface area contributed by atoms with Gasteiger partial charge < -0.3 is 10.1 Å². The van der Waals surface area contributed by atoms with E-state index in [0.29, 0.717) is 6.61 Å². The number of aromatic nitrogens is 1. The number of nitrogens with zero attached hydrogens (tertiary/aromatic N) is 1. The third kappa shape index (κ3) is 2.26. The first-order valence-electron chi connectivity index (χ1n) is 7.18. The maximum atomic E-state index is 5.71. The van der Waals surface area contributed by atoms with Crippen LogP contribution in [0.25, 0.3) is 10.8 Å². The van der Waals surface area contributed by atoms with Crippen LogP contribution in [0.4, 0.5) is 0 Å². The van der Waals surface area contributed by atoms with E-state index in [2.05, 4.69) is 46.7 Å². The van der Waals surface area contributed by atoms with Crippen LogP contribution >= 0.6 is 0 Å². The Morgan fingerprint density at radius 3 is 3.05 bits per heavy atom. The molecule has 3 nitrogen and oxygen atoms in total. The molecule has 2 aromatic carbocycles. The molecule has 21 heavy (non-hydrogen) atoms. The molecule has 0 saturated carbocycles. The highest BCUT2D eigenvalue weighted by atomic mass is 16.5. The second-order valence-electron chi connectivity index (χ2n) is 5.30. The molecule has 104 valence electrons. The second kappa shape index (κ2) is 5.19.